The zero-order valence-electron chi connectivity index (χ0n) is 14.0. The van der Waals surface area contributed by atoms with Crippen LogP contribution in [0.25, 0.3) is 0 Å². The summed E-state index contributed by atoms with van der Waals surface area (Å²) in [6.07, 6.45) is -0.610. The first-order valence-corrected chi connectivity index (χ1v) is 8.43. The summed E-state index contributed by atoms with van der Waals surface area (Å²) in [6, 6.07) is 13.1. The van der Waals surface area contributed by atoms with Gasteiger partial charge in [-0.2, -0.15) is 0 Å². The van der Waals surface area contributed by atoms with Crippen LogP contribution in [-0.4, -0.2) is 60.5 Å². The molecule has 2 aromatic carbocycles. The van der Waals surface area contributed by atoms with Crippen molar-refractivity contribution in [1.29, 1.82) is 0 Å². The Morgan fingerprint density at radius 1 is 1.00 bits per heavy atom. The molecule has 1 fully saturated rings. The van der Waals surface area contributed by atoms with Crippen LogP contribution in [0.15, 0.2) is 48.5 Å². The van der Waals surface area contributed by atoms with Crippen molar-refractivity contribution in [1.82, 2.24) is 4.90 Å². The number of nitrogens with zero attached hydrogens (tertiary/aromatic N) is 2. The fourth-order valence-corrected chi connectivity index (χ4v) is 2.98. The van der Waals surface area contributed by atoms with Gasteiger partial charge in [-0.3, -0.25) is 4.90 Å². The van der Waals surface area contributed by atoms with Gasteiger partial charge in [0.15, 0.2) is 0 Å². The van der Waals surface area contributed by atoms with Crippen molar-refractivity contribution in [3.63, 3.8) is 0 Å². The highest BCUT2D eigenvalue weighted by Crippen LogP contribution is 2.27. The summed E-state index contributed by atoms with van der Waals surface area (Å²) in [5.41, 5.74) is 0.849. The molecule has 134 valence electrons. The Morgan fingerprint density at radius 2 is 1.68 bits per heavy atom. The van der Waals surface area contributed by atoms with Gasteiger partial charge < -0.3 is 19.8 Å². The van der Waals surface area contributed by atoms with Gasteiger partial charge in [-0.1, -0.05) is 12.1 Å². The number of hydrogen-bond acceptors (Lipinski definition) is 5. The quantitative estimate of drug-likeness (QED) is 0.839. The topological polar surface area (TPSA) is 56.2 Å². The molecule has 1 heterocycles. The normalized spacial score (nSPS) is 16.6. The molecule has 1 aliphatic rings. The molecule has 3 rings (SSSR count). The number of β-amino-alcohol motifs (C(OH)–C–C–N with tert-alkyl or cyclic N) is 1. The molecule has 6 heteroatoms. The van der Waals surface area contributed by atoms with Crippen LogP contribution in [-0.2, 0) is 0 Å². The van der Waals surface area contributed by atoms with Crippen molar-refractivity contribution in [2.24, 2.45) is 0 Å². The van der Waals surface area contributed by atoms with Gasteiger partial charge in [0.2, 0.25) is 0 Å². The molecule has 0 spiro atoms. The lowest BCUT2D eigenvalue weighted by atomic mass is 10.2. The highest BCUT2D eigenvalue weighted by molar-refractivity contribution is 5.57. The largest absolute Gasteiger partial charge is 0.506 e. The second-order valence-electron chi connectivity index (χ2n) is 6.20. The predicted octanol–water partition coefficient (Wildman–Crippen LogP) is 2.09. The number of piperazine rings is 1. The number of aliphatic hydroxyl groups excluding tert-OH is 1. The first kappa shape index (κ1) is 17.5. The Morgan fingerprint density at radius 3 is 2.36 bits per heavy atom. The van der Waals surface area contributed by atoms with Crippen molar-refractivity contribution >= 4 is 5.69 Å². The Balaban J connectivity index is 1.42. The van der Waals surface area contributed by atoms with Crippen LogP contribution in [0, 0.1) is 5.82 Å². The summed E-state index contributed by atoms with van der Waals surface area (Å²) in [4.78, 5) is 4.32. The predicted molar refractivity (Wildman–Crippen MR) is 94.7 cm³/mol. The van der Waals surface area contributed by atoms with Crippen LogP contribution < -0.4 is 9.64 Å². The van der Waals surface area contributed by atoms with E-state index in [1.807, 2.05) is 18.2 Å². The molecule has 1 saturated heterocycles. The van der Waals surface area contributed by atoms with E-state index in [1.165, 1.54) is 12.1 Å². The molecular weight excluding hydrogens is 323 g/mol. The molecule has 0 saturated carbocycles. The van der Waals surface area contributed by atoms with E-state index in [2.05, 4.69) is 9.80 Å². The van der Waals surface area contributed by atoms with Gasteiger partial charge in [0, 0.05) is 32.7 Å². The summed E-state index contributed by atoms with van der Waals surface area (Å²) in [7, 11) is 0. The molecule has 0 aliphatic carbocycles. The number of aromatic hydroxyl groups is 1. The van der Waals surface area contributed by atoms with Crippen molar-refractivity contribution in [3.8, 4) is 11.5 Å². The molecule has 0 bridgehead atoms. The van der Waals surface area contributed by atoms with Crippen molar-refractivity contribution < 1.29 is 19.3 Å². The van der Waals surface area contributed by atoms with Gasteiger partial charge in [-0.15, -0.1) is 0 Å². The number of phenolic OH excluding ortho intramolecular Hbond substituents is 1. The Kier molecular flexibility index (Phi) is 5.73. The van der Waals surface area contributed by atoms with Gasteiger partial charge in [0.25, 0.3) is 0 Å². The standard InChI is InChI=1S/C19H23FN2O3/c20-15-5-7-17(8-6-15)25-14-16(23)13-21-9-11-22(12-10-21)18-3-1-2-4-19(18)24/h1-8,16,23-24H,9-14H2/t16-/m1/s1. The Bertz CT molecular complexity index is 673. The van der Waals surface area contributed by atoms with Gasteiger partial charge >= 0.3 is 0 Å². The van der Waals surface area contributed by atoms with Gasteiger partial charge in [0.1, 0.15) is 30.0 Å². The first-order valence-electron chi connectivity index (χ1n) is 8.43. The minimum atomic E-state index is -0.610. The van der Waals surface area contributed by atoms with Crippen LogP contribution in [0.4, 0.5) is 10.1 Å². The van der Waals surface area contributed by atoms with E-state index in [4.69, 9.17) is 4.74 Å². The Hall–Kier alpha value is -2.31. The van der Waals surface area contributed by atoms with E-state index in [0.717, 1.165) is 31.9 Å². The third-order valence-corrected chi connectivity index (χ3v) is 4.32. The van der Waals surface area contributed by atoms with E-state index in [0.29, 0.717) is 18.0 Å². The maximum absolute atomic E-state index is 12.8. The third kappa shape index (κ3) is 4.84. The van der Waals surface area contributed by atoms with Crippen molar-refractivity contribution in [2.75, 3.05) is 44.2 Å². The number of benzene rings is 2. The molecule has 2 aromatic rings. The third-order valence-electron chi connectivity index (χ3n) is 4.32. The van der Waals surface area contributed by atoms with Gasteiger partial charge in [0.05, 0.1) is 5.69 Å². The zero-order chi connectivity index (χ0) is 17.6. The van der Waals surface area contributed by atoms with Crippen LogP contribution in [0.2, 0.25) is 0 Å². The van der Waals surface area contributed by atoms with E-state index in [-0.39, 0.29) is 12.4 Å². The van der Waals surface area contributed by atoms with Crippen LogP contribution >= 0.6 is 0 Å². The lowest BCUT2D eigenvalue weighted by molar-refractivity contribution is 0.0662. The number of ether oxygens (including phenoxy) is 1. The van der Waals surface area contributed by atoms with Crippen LogP contribution in [0.1, 0.15) is 0 Å². The molecule has 25 heavy (non-hydrogen) atoms. The van der Waals surface area contributed by atoms with E-state index in [1.54, 1.807) is 18.2 Å². The molecule has 5 nitrogen and oxygen atoms in total. The monoisotopic (exact) mass is 346 g/mol. The average molecular weight is 346 g/mol. The smallest absolute Gasteiger partial charge is 0.138 e. The summed E-state index contributed by atoms with van der Waals surface area (Å²) in [6.45, 7) is 3.90. The van der Waals surface area contributed by atoms with Gasteiger partial charge in [-0.05, 0) is 36.4 Å². The molecule has 1 atom stereocenters. The number of aliphatic hydroxyl groups is 1. The van der Waals surface area contributed by atoms with E-state index < -0.39 is 6.10 Å². The summed E-state index contributed by atoms with van der Waals surface area (Å²) >= 11 is 0. The second-order valence-corrected chi connectivity index (χ2v) is 6.20. The first-order chi connectivity index (χ1) is 12.1. The lowest BCUT2D eigenvalue weighted by Gasteiger charge is -2.37. The summed E-state index contributed by atoms with van der Waals surface area (Å²) < 4.78 is 18.3. The number of rotatable bonds is 6. The van der Waals surface area contributed by atoms with E-state index >= 15 is 0 Å². The maximum Gasteiger partial charge on any atom is 0.138 e. The average Bonchev–Trinajstić information content (AvgIpc) is 2.62. The molecule has 0 unspecified atom stereocenters. The second kappa shape index (κ2) is 8.18. The fraction of sp³-hybridized carbons (Fsp3) is 0.368. The number of para-hydroxylation sites is 2. The van der Waals surface area contributed by atoms with Gasteiger partial charge in [-0.25, -0.2) is 4.39 Å². The molecule has 2 N–H and O–H groups in total. The minimum Gasteiger partial charge on any atom is -0.506 e. The Labute approximate surface area is 146 Å². The molecule has 0 radical (unpaired) electrons. The maximum atomic E-state index is 12.8. The minimum absolute atomic E-state index is 0.172. The summed E-state index contributed by atoms with van der Waals surface area (Å²) in [5, 5.41) is 20.1. The highest BCUT2D eigenvalue weighted by atomic mass is 19.1. The number of anilines is 1. The SMILES string of the molecule is Oc1ccccc1N1CCN(C[C@@H](O)COc2ccc(F)cc2)CC1. The van der Waals surface area contributed by atoms with Crippen molar-refractivity contribution in [3.05, 3.63) is 54.3 Å². The zero-order valence-corrected chi connectivity index (χ0v) is 14.0. The number of phenols is 1. The molecule has 0 aromatic heterocycles. The number of halogens is 1. The lowest BCUT2D eigenvalue weighted by Crippen LogP contribution is -2.49. The molecule has 0 amide bonds. The van der Waals surface area contributed by atoms with Crippen LogP contribution in [0.3, 0.4) is 0 Å². The number of hydrogen-bond donors (Lipinski definition) is 2. The highest BCUT2D eigenvalue weighted by Gasteiger charge is 2.21. The van der Waals surface area contributed by atoms with Crippen molar-refractivity contribution in [2.45, 2.75) is 6.10 Å². The molecule has 1 aliphatic heterocycles. The molecular formula is C19H23FN2O3. The fourth-order valence-electron chi connectivity index (χ4n) is 2.98. The van der Waals surface area contributed by atoms with E-state index in [9.17, 15) is 14.6 Å². The van der Waals surface area contributed by atoms with Crippen LogP contribution in [0.5, 0.6) is 11.5 Å². The summed E-state index contributed by atoms with van der Waals surface area (Å²) in [5.74, 6) is 0.531.